The van der Waals surface area contributed by atoms with Gasteiger partial charge in [0.05, 0.1) is 11.1 Å². The van der Waals surface area contributed by atoms with Crippen LogP contribution in [-0.4, -0.2) is 19.4 Å². The van der Waals surface area contributed by atoms with Crippen molar-refractivity contribution in [1.82, 2.24) is 19.4 Å². The molecular formula is C9H13N5S. The van der Waals surface area contributed by atoms with E-state index in [1.807, 2.05) is 17.8 Å². The van der Waals surface area contributed by atoms with Crippen molar-refractivity contribution >= 4 is 11.5 Å². The van der Waals surface area contributed by atoms with Crippen LogP contribution in [0.5, 0.6) is 0 Å². The lowest BCUT2D eigenvalue weighted by Gasteiger charge is -2.07. The third-order valence-electron chi connectivity index (χ3n) is 2.38. The molecule has 0 aliphatic rings. The zero-order valence-electron chi connectivity index (χ0n) is 8.50. The topological polar surface area (TPSA) is 69.6 Å². The van der Waals surface area contributed by atoms with Gasteiger partial charge in [0.2, 0.25) is 0 Å². The molecule has 80 valence electrons. The molecule has 0 bridgehead atoms. The highest BCUT2D eigenvalue weighted by atomic mass is 32.1. The van der Waals surface area contributed by atoms with Crippen molar-refractivity contribution in [3.8, 4) is 0 Å². The second-order valence-corrected chi connectivity index (χ2v) is 4.23. The van der Waals surface area contributed by atoms with Gasteiger partial charge in [-0.2, -0.15) is 5.10 Å². The van der Waals surface area contributed by atoms with Gasteiger partial charge in [-0.15, -0.1) is 5.10 Å². The number of rotatable bonds is 4. The van der Waals surface area contributed by atoms with Crippen molar-refractivity contribution in [3.63, 3.8) is 0 Å². The molecule has 0 amide bonds. The van der Waals surface area contributed by atoms with Crippen molar-refractivity contribution < 1.29 is 0 Å². The SMILES string of the molecule is Cn1nccc1CCC(N)c1cnns1. The smallest absolute Gasteiger partial charge is 0.0669 e. The normalized spacial score (nSPS) is 12.9. The van der Waals surface area contributed by atoms with Crippen molar-refractivity contribution in [2.75, 3.05) is 0 Å². The van der Waals surface area contributed by atoms with E-state index in [0.29, 0.717) is 0 Å². The molecule has 0 aromatic carbocycles. The Bertz CT molecular complexity index is 408. The highest BCUT2D eigenvalue weighted by Gasteiger charge is 2.09. The first kappa shape index (κ1) is 10.3. The largest absolute Gasteiger partial charge is 0.323 e. The molecule has 0 saturated heterocycles. The Kier molecular flexibility index (Phi) is 3.08. The minimum atomic E-state index is 0.0277. The van der Waals surface area contributed by atoms with Gasteiger partial charge in [-0.25, -0.2) is 0 Å². The minimum Gasteiger partial charge on any atom is -0.323 e. The first-order valence-electron chi connectivity index (χ1n) is 4.77. The summed E-state index contributed by atoms with van der Waals surface area (Å²) in [6, 6.07) is 2.04. The Labute approximate surface area is 92.1 Å². The van der Waals surface area contributed by atoms with Gasteiger partial charge < -0.3 is 5.73 Å². The van der Waals surface area contributed by atoms with Crippen LogP contribution in [0.15, 0.2) is 18.5 Å². The molecule has 0 radical (unpaired) electrons. The molecule has 2 rings (SSSR count). The van der Waals surface area contributed by atoms with Crippen LogP contribution in [0, 0.1) is 0 Å². The quantitative estimate of drug-likeness (QED) is 0.836. The summed E-state index contributed by atoms with van der Waals surface area (Å²) in [6.07, 6.45) is 5.35. The molecule has 1 atom stereocenters. The molecule has 1 unspecified atom stereocenters. The van der Waals surface area contributed by atoms with Gasteiger partial charge in [0.15, 0.2) is 0 Å². The van der Waals surface area contributed by atoms with Gasteiger partial charge in [0, 0.05) is 25.0 Å². The number of aryl methyl sites for hydroxylation is 2. The van der Waals surface area contributed by atoms with Crippen LogP contribution in [0.1, 0.15) is 23.0 Å². The summed E-state index contributed by atoms with van der Waals surface area (Å²) in [4.78, 5) is 1.04. The summed E-state index contributed by atoms with van der Waals surface area (Å²) in [5, 5.41) is 7.89. The van der Waals surface area contributed by atoms with E-state index in [9.17, 15) is 0 Å². The maximum atomic E-state index is 6.01. The van der Waals surface area contributed by atoms with Crippen LogP contribution in [0.2, 0.25) is 0 Å². The van der Waals surface area contributed by atoms with E-state index in [4.69, 9.17) is 5.73 Å². The molecule has 0 aliphatic heterocycles. The second-order valence-electron chi connectivity index (χ2n) is 3.41. The molecule has 2 aromatic rings. The minimum absolute atomic E-state index is 0.0277. The fourth-order valence-corrected chi connectivity index (χ4v) is 1.97. The number of nitrogens with two attached hydrogens (primary N) is 1. The summed E-state index contributed by atoms with van der Waals surface area (Å²) in [7, 11) is 1.94. The van der Waals surface area contributed by atoms with E-state index in [1.54, 1.807) is 12.4 Å². The number of nitrogens with zero attached hydrogens (tertiary/aromatic N) is 4. The average molecular weight is 223 g/mol. The Morgan fingerprint density at radius 2 is 2.47 bits per heavy atom. The molecule has 5 nitrogen and oxygen atoms in total. The van der Waals surface area contributed by atoms with Gasteiger partial charge in [-0.05, 0) is 30.4 Å². The lowest BCUT2D eigenvalue weighted by Crippen LogP contribution is -2.11. The first-order valence-corrected chi connectivity index (χ1v) is 5.54. The van der Waals surface area contributed by atoms with Crippen LogP contribution in [0.25, 0.3) is 0 Å². The lowest BCUT2D eigenvalue weighted by atomic mass is 10.1. The van der Waals surface area contributed by atoms with Crippen LogP contribution in [-0.2, 0) is 13.5 Å². The molecule has 0 fully saturated rings. The van der Waals surface area contributed by atoms with E-state index in [1.165, 1.54) is 17.2 Å². The molecule has 2 N–H and O–H groups in total. The summed E-state index contributed by atoms with van der Waals surface area (Å²) >= 11 is 1.36. The van der Waals surface area contributed by atoms with Crippen molar-refractivity contribution in [2.24, 2.45) is 12.8 Å². The van der Waals surface area contributed by atoms with E-state index >= 15 is 0 Å². The van der Waals surface area contributed by atoms with E-state index in [-0.39, 0.29) is 6.04 Å². The van der Waals surface area contributed by atoms with Gasteiger partial charge in [0.25, 0.3) is 0 Å². The lowest BCUT2D eigenvalue weighted by molar-refractivity contribution is 0.620. The summed E-state index contributed by atoms with van der Waals surface area (Å²) in [5.74, 6) is 0. The molecular weight excluding hydrogens is 210 g/mol. The van der Waals surface area contributed by atoms with Crippen LogP contribution in [0.4, 0.5) is 0 Å². The molecule has 0 aliphatic carbocycles. The zero-order valence-corrected chi connectivity index (χ0v) is 9.31. The molecule has 6 heteroatoms. The summed E-state index contributed by atoms with van der Waals surface area (Å²) in [5.41, 5.74) is 7.20. The van der Waals surface area contributed by atoms with Gasteiger partial charge in [-0.3, -0.25) is 4.68 Å². The van der Waals surface area contributed by atoms with E-state index < -0.39 is 0 Å². The monoisotopic (exact) mass is 223 g/mol. The average Bonchev–Trinajstić information content (AvgIpc) is 2.85. The second kappa shape index (κ2) is 4.50. The summed E-state index contributed by atoms with van der Waals surface area (Å²) in [6.45, 7) is 0. The highest BCUT2D eigenvalue weighted by molar-refractivity contribution is 7.05. The van der Waals surface area contributed by atoms with E-state index in [2.05, 4.69) is 14.7 Å². The molecule has 2 heterocycles. The standard InChI is InChI=1S/C9H13N5S/c1-14-7(4-5-12-14)2-3-8(10)9-6-11-13-15-9/h4-6,8H,2-3,10H2,1H3. The Balaban J connectivity index is 1.91. The van der Waals surface area contributed by atoms with Crippen LogP contribution < -0.4 is 5.73 Å². The van der Waals surface area contributed by atoms with Gasteiger partial charge in [0.1, 0.15) is 0 Å². The predicted octanol–water partition coefficient (Wildman–Crippen LogP) is 0.904. The summed E-state index contributed by atoms with van der Waals surface area (Å²) < 4.78 is 5.67. The zero-order chi connectivity index (χ0) is 10.7. The van der Waals surface area contributed by atoms with E-state index in [0.717, 1.165) is 17.7 Å². The van der Waals surface area contributed by atoms with Crippen molar-refractivity contribution in [3.05, 3.63) is 29.0 Å². The molecule has 2 aromatic heterocycles. The molecule has 0 saturated carbocycles. The maximum Gasteiger partial charge on any atom is 0.0669 e. The Morgan fingerprint density at radius 1 is 1.60 bits per heavy atom. The number of hydrogen-bond acceptors (Lipinski definition) is 5. The van der Waals surface area contributed by atoms with Crippen molar-refractivity contribution in [1.29, 1.82) is 0 Å². The number of hydrogen-bond donors (Lipinski definition) is 1. The fraction of sp³-hybridized carbons (Fsp3) is 0.444. The van der Waals surface area contributed by atoms with Gasteiger partial charge >= 0.3 is 0 Å². The Hall–Kier alpha value is -1.27. The fourth-order valence-electron chi connectivity index (χ4n) is 1.43. The molecule has 15 heavy (non-hydrogen) atoms. The van der Waals surface area contributed by atoms with Crippen LogP contribution in [0.3, 0.4) is 0 Å². The van der Waals surface area contributed by atoms with Gasteiger partial charge in [-0.1, -0.05) is 4.49 Å². The third-order valence-corrected chi connectivity index (χ3v) is 3.17. The molecule has 0 spiro atoms. The predicted molar refractivity (Wildman–Crippen MR) is 58.4 cm³/mol. The third kappa shape index (κ3) is 2.40. The Morgan fingerprint density at radius 3 is 3.07 bits per heavy atom. The number of aromatic nitrogens is 4. The van der Waals surface area contributed by atoms with Crippen LogP contribution >= 0.6 is 11.5 Å². The maximum absolute atomic E-state index is 6.01. The first-order chi connectivity index (χ1) is 7.27. The van der Waals surface area contributed by atoms with Crippen molar-refractivity contribution in [2.45, 2.75) is 18.9 Å². The highest BCUT2D eigenvalue weighted by Crippen LogP contribution is 2.18.